The number of amides is 2. The molecule has 170 valence electrons. The zero-order valence-electron chi connectivity index (χ0n) is 17.9. The monoisotopic (exact) mass is 512 g/mol. The highest BCUT2D eigenvalue weighted by Gasteiger charge is 2.18. The van der Waals surface area contributed by atoms with Crippen molar-refractivity contribution < 1.29 is 28.3 Å². The summed E-state index contributed by atoms with van der Waals surface area (Å²) in [6.45, 7) is 1.99. The number of nitrogens with one attached hydrogen (secondary N) is 2. The molecule has 9 heteroatoms. The molecular weight excluding hydrogens is 492 g/mol. The van der Waals surface area contributed by atoms with E-state index in [-0.39, 0.29) is 18.1 Å². The molecule has 2 aromatic carbocycles. The molecule has 1 heterocycles. The first-order valence-corrected chi connectivity index (χ1v) is 10.7. The predicted molar refractivity (Wildman–Crippen MR) is 126 cm³/mol. The van der Waals surface area contributed by atoms with Gasteiger partial charge in [0.25, 0.3) is 11.8 Å². The van der Waals surface area contributed by atoms with Crippen LogP contribution in [0.15, 0.2) is 75.4 Å². The van der Waals surface area contributed by atoms with Crippen LogP contribution in [0.1, 0.15) is 33.4 Å². The van der Waals surface area contributed by atoms with Gasteiger partial charge in [-0.15, -0.1) is 0 Å². The highest BCUT2D eigenvalue weighted by molar-refractivity contribution is 9.10. The first-order valence-electron chi connectivity index (χ1n) is 9.90. The van der Waals surface area contributed by atoms with E-state index < -0.39 is 17.8 Å². The summed E-state index contributed by atoms with van der Waals surface area (Å²) in [7, 11) is 1.55. The molecule has 8 nitrogen and oxygen atoms in total. The first kappa shape index (κ1) is 23.8. The number of carbonyl (C=O) groups excluding carboxylic acids is 3. The lowest BCUT2D eigenvalue weighted by atomic mass is 10.1. The van der Waals surface area contributed by atoms with E-state index in [2.05, 4.69) is 26.6 Å². The van der Waals surface area contributed by atoms with Crippen LogP contribution in [0.3, 0.4) is 0 Å². The molecule has 0 bridgehead atoms. The van der Waals surface area contributed by atoms with Gasteiger partial charge in [0.05, 0.1) is 19.3 Å². The number of hydrogen-bond acceptors (Lipinski definition) is 6. The van der Waals surface area contributed by atoms with Crippen molar-refractivity contribution in [1.82, 2.24) is 5.32 Å². The van der Waals surface area contributed by atoms with Crippen molar-refractivity contribution in [1.29, 1.82) is 0 Å². The fourth-order valence-corrected chi connectivity index (χ4v) is 3.05. The van der Waals surface area contributed by atoms with E-state index in [4.69, 9.17) is 13.9 Å². The molecule has 0 unspecified atom stereocenters. The zero-order chi connectivity index (χ0) is 23.8. The maximum atomic E-state index is 13.0. The van der Waals surface area contributed by atoms with Crippen LogP contribution in [-0.2, 0) is 9.53 Å². The van der Waals surface area contributed by atoms with Crippen molar-refractivity contribution in [2.75, 3.05) is 19.0 Å². The Hall–Kier alpha value is -3.85. The van der Waals surface area contributed by atoms with Crippen LogP contribution in [0.25, 0.3) is 6.08 Å². The summed E-state index contributed by atoms with van der Waals surface area (Å²) in [5.74, 6) is -0.910. The highest BCUT2D eigenvalue weighted by Crippen LogP contribution is 2.17. The zero-order valence-corrected chi connectivity index (χ0v) is 19.5. The van der Waals surface area contributed by atoms with Crippen molar-refractivity contribution in [3.05, 3.63) is 87.9 Å². The maximum Gasteiger partial charge on any atom is 0.338 e. The number of furan rings is 1. The van der Waals surface area contributed by atoms with Crippen molar-refractivity contribution in [3.63, 3.8) is 0 Å². The molecule has 0 saturated heterocycles. The van der Waals surface area contributed by atoms with E-state index in [0.717, 1.165) is 0 Å². The van der Waals surface area contributed by atoms with Crippen molar-refractivity contribution in [2.24, 2.45) is 0 Å². The van der Waals surface area contributed by atoms with Gasteiger partial charge in [-0.3, -0.25) is 9.59 Å². The van der Waals surface area contributed by atoms with Crippen LogP contribution >= 0.6 is 15.9 Å². The SMILES string of the molecule is CCOC(=O)c1ccc(NC(=O)/C(=C\c2ccc(OC)cc2)NC(=O)c2ccc(Br)o2)cc1. The average molecular weight is 513 g/mol. The third-order valence-corrected chi connectivity index (χ3v) is 4.80. The molecule has 0 aliphatic rings. The molecule has 2 amide bonds. The van der Waals surface area contributed by atoms with E-state index in [1.54, 1.807) is 68.6 Å². The molecule has 0 aliphatic carbocycles. The number of methoxy groups -OCH3 is 1. The number of hydrogen-bond donors (Lipinski definition) is 2. The largest absolute Gasteiger partial charge is 0.497 e. The lowest BCUT2D eigenvalue weighted by Crippen LogP contribution is -2.30. The molecule has 0 spiro atoms. The van der Waals surface area contributed by atoms with E-state index in [9.17, 15) is 14.4 Å². The number of anilines is 1. The van der Waals surface area contributed by atoms with Crippen LogP contribution in [-0.4, -0.2) is 31.5 Å². The number of carbonyl (C=O) groups is 3. The molecule has 0 saturated carbocycles. The minimum atomic E-state index is -0.590. The standard InChI is InChI=1S/C24H21BrN2O6/c1-3-32-24(30)16-6-8-17(9-7-16)26-22(28)19(14-15-4-10-18(31-2)11-5-15)27-23(29)20-12-13-21(25)33-20/h4-14H,3H2,1-2H3,(H,26,28)(H,27,29)/b19-14+. The Bertz CT molecular complexity index is 1170. The van der Waals surface area contributed by atoms with E-state index in [0.29, 0.717) is 27.2 Å². The minimum absolute atomic E-state index is 0.00726. The number of esters is 1. The van der Waals surface area contributed by atoms with Gasteiger partial charge in [0.1, 0.15) is 11.4 Å². The molecule has 33 heavy (non-hydrogen) atoms. The summed E-state index contributed by atoms with van der Waals surface area (Å²) < 4.78 is 15.8. The summed E-state index contributed by atoms with van der Waals surface area (Å²) in [6, 6.07) is 16.2. The van der Waals surface area contributed by atoms with Crippen molar-refractivity contribution in [3.8, 4) is 5.75 Å². The number of ether oxygens (including phenoxy) is 2. The minimum Gasteiger partial charge on any atom is -0.497 e. The topological polar surface area (TPSA) is 107 Å². The van der Waals surface area contributed by atoms with Gasteiger partial charge in [-0.05, 0) is 83.0 Å². The average Bonchev–Trinajstić information content (AvgIpc) is 3.26. The van der Waals surface area contributed by atoms with Gasteiger partial charge in [0, 0.05) is 5.69 Å². The van der Waals surface area contributed by atoms with Crippen LogP contribution in [0.2, 0.25) is 0 Å². The summed E-state index contributed by atoms with van der Waals surface area (Å²) in [4.78, 5) is 37.4. The molecule has 3 aromatic rings. The fourth-order valence-electron chi connectivity index (χ4n) is 2.75. The lowest BCUT2D eigenvalue weighted by molar-refractivity contribution is -0.113. The van der Waals surface area contributed by atoms with Crippen LogP contribution in [0, 0.1) is 0 Å². The van der Waals surface area contributed by atoms with Gasteiger partial charge < -0.3 is 24.5 Å². The van der Waals surface area contributed by atoms with Crippen molar-refractivity contribution in [2.45, 2.75) is 6.92 Å². The quantitative estimate of drug-likeness (QED) is 0.336. The third-order valence-electron chi connectivity index (χ3n) is 4.37. The van der Waals surface area contributed by atoms with Gasteiger partial charge in [-0.2, -0.15) is 0 Å². The molecule has 0 radical (unpaired) electrons. The van der Waals surface area contributed by atoms with Gasteiger partial charge in [0.15, 0.2) is 10.4 Å². The Morgan fingerprint density at radius 2 is 1.70 bits per heavy atom. The van der Waals surface area contributed by atoms with Gasteiger partial charge in [-0.1, -0.05) is 12.1 Å². The van der Waals surface area contributed by atoms with Crippen LogP contribution < -0.4 is 15.4 Å². The van der Waals surface area contributed by atoms with Crippen LogP contribution in [0.5, 0.6) is 5.75 Å². The predicted octanol–water partition coefficient (Wildman–Crippen LogP) is 4.64. The number of halogens is 1. The van der Waals surface area contributed by atoms with E-state index in [1.807, 2.05) is 0 Å². The second-order valence-electron chi connectivity index (χ2n) is 6.64. The Balaban J connectivity index is 1.82. The summed E-state index contributed by atoms with van der Waals surface area (Å²) in [6.07, 6.45) is 1.53. The molecule has 1 aromatic heterocycles. The normalized spacial score (nSPS) is 10.9. The smallest absolute Gasteiger partial charge is 0.338 e. The van der Waals surface area contributed by atoms with Crippen molar-refractivity contribution >= 4 is 45.5 Å². The Morgan fingerprint density at radius 3 is 2.27 bits per heavy atom. The lowest BCUT2D eigenvalue weighted by Gasteiger charge is -2.11. The van der Waals surface area contributed by atoms with Gasteiger partial charge >= 0.3 is 5.97 Å². The van der Waals surface area contributed by atoms with E-state index in [1.165, 1.54) is 12.1 Å². The summed E-state index contributed by atoms with van der Waals surface area (Å²) in [5.41, 5.74) is 1.45. The molecule has 0 aliphatic heterocycles. The van der Waals surface area contributed by atoms with Crippen LogP contribution in [0.4, 0.5) is 5.69 Å². The molecule has 3 rings (SSSR count). The van der Waals surface area contributed by atoms with Gasteiger partial charge in [-0.25, -0.2) is 4.79 Å². The molecule has 0 fully saturated rings. The molecule has 2 N–H and O–H groups in total. The third kappa shape index (κ3) is 6.56. The number of benzene rings is 2. The second kappa shape index (κ2) is 11.1. The maximum absolute atomic E-state index is 13.0. The van der Waals surface area contributed by atoms with E-state index >= 15 is 0 Å². The Labute approximate surface area is 198 Å². The summed E-state index contributed by atoms with van der Waals surface area (Å²) >= 11 is 3.15. The van der Waals surface area contributed by atoms with Gasteiger partial charge in [0.2, 0.25) is 0 Å². The fraction of sp³-hybridized carbons (Fsp3) is 0.125. The highest BCUT2D eigenvalue weighted by atomic mass is 79.9. The summed E-state index contributed by atoms with van der Waals surface area (Å²) in [5, 5.41) is 5.29. The Morgan fingerprint density at radius 1 is 1.00 bits per heavy atom. The molecule has 0 atom stereocenters. The second-order valence-corrected chi connectivity index (χ2v) is 7.42. The Kier molecular flexibility index (Phi) is 8.04. The first-order chi connectivity index (χ1) is 15.9. The molecular formula is C24H21BrN2O6. The number of rotatable bonds is 8.